The van der Waals surface area contributed by atoms with E-state index >= 15 is 0 Å². The van der Waals surface area contributed by atoms with Crippen molar-refractivity contribution in [3.63, 3.8) is 0 Å². The summed E-state index contributed by atoms with van der Waals surface area (Å²) >= 11 is 0. The van der Waals surface area contributed by atoms with Crippen LogP contribution in [0.15, 0.2) is 23.1 Å². The van der Waals surface area contributed by atoms with Crippen LogP contribution in [0.1, 0.15) is 59.7 Å². The summed E-state index contributed by atoms with van der Waals surface area (Å²) < 4.78 is 0. The summed E-state index contributed by atoms with van der Waals surface area (Å²) in [6.07, 6.45) is 9.19. The number of fused-ring (bicyclic) bond motifs is 2. The van der Waals surface area contributed by atoms with Crippen molar-refractivity contribution in [2.24, 2.45) is 0 Å². The molecule has 32 heavy (non-hydrogen) atoms. The quantitative estimate of drug-likeness (QED) is 0.756. The normalized spacial score (nSPS) is 27.3. The largest absolute Gasteiger partial charge is 0.370 e. The molecule has 2 bridgehead atoms. The lowest BCUT2D eigenvalue weighted by Crippen LogP contribution is -2.46. The highest BCUT2D eigenvalue weighted by Gasteiger charge is 2.59. The van der Waals surface area contributed by atoms with Gasteiger partial charge in [-0.05, 0) is 57.1 Å². The Labute approximate surface area is 187 Å². The minimum atomic E-state index is -0.156. The van der Waals surface area contributed by atoms with E-state index in [1.165, 1.54) is 0 Å². The third-order valence-electron chi connectivity index (χ3n) is 8.16. The van der Waals surface area contributed by atoms with E-state index in [2.05, 4.69) is 25.1 Å². The molecule has 1 amide bonds. The van der Waals surface area contributed by atoms with Crippen LogP contribution >= 0.6 is 0 Å². The van der Waals surface area contributed by atoms with E-state index in [9.17, 15) is 9.59 Å². The van der Waals surface area contributed by atoms with E-state index < -0.39 is 0 Å². The predicted octanol–water partition coefficient (Wildman–Crippen LogP) is 1.40. The number of pyridine rings is 1. The molecule has 5 aliphatic rings. The van der Waals surface area contributed by atoms with E-state index in [-0.39, 0.29) is 16.9 Å². The lowest BCUT2D eigenvalue weighted by Gasteiger charge is -2.40. The van der Waals surface area contributed by atoms with Crippen LogP contribution in [-0.4, -0.2) is 64.5 Å². The predicted molar refractivity (Wildman–Crippen MR) is 121 cm³/mol. The fraction of sp³-hybridized carbons (Fsp3) is 0.583. The highest BCUT2D eigenvalue weighted by atomic mass is 16.1. The van der Waals surface area contributed by atoms with Crippen LogP contribution in [0.4, 0.5) is 5.69 Å². The number of hydrogen-bond acceptors (Lipinski definition) is 6. The minimum Gasteiger partial charge on any atom is -0.370 e. The van der Waals surface area contributed by atoms with Gasteiger partial charge >= 0.3 is 0 Å². The number of H-pyrrole nitrogens is 1. The zero-order chi connectivity index (χ0) is 21.9. The second-order valence-corrected chi connectivity index (χ2v) is 9.91. The number of hydrogen-bond donors (Lipinski definition) is 2. The Morgan fingerprint density at radius 3 is 2.72 bits per heavy atom. The van der Waals surface area contributed by atoms with Crippen molar-refractivity contribution in [3.05, 3.63) is 51.5 Å². The monoisotopic (exact) mass is 434 g/mol. The lowest BCUT2D eigenvalue weighted by molar-refractivity contribution is 0.0958. The molecule has 3 saturated heterocycles. The van der Waals surface area contributed by atoms with Gasteiger partial charge in [-0.1, -0.05) is 0 Å². The molecule has 0 unspecified atom stereocenters. The van der Waals surface area contributed by atoms with E-state index in [0.29, 0.717) is 17.8 Å². The van der Waals surface area contributed by atoms with Crippen molar-refractivity contribution in [2.75, 3.05) is 31.6 Å². The van der Waals surface area contributed by atoms with Gasteiger partial charge in [0.25, 0.3) is 11.5 Å². The van der Waals surface area contributed by atoms with Crippen LogP contribution in [0.5, 0.6) is 0 Å². The Balaban J connectivity index is 1.11. The van der Waals surface area contributed by atoms with Gasteiger partial charge in [0.1, 0.15) is 11.5 Å². The SMILES string of the molecule is CNC(=O)c1ccc(N2CCC(N3CC4(c5nc6c(c(=O)[nH]5)CCC6)CC3C4)CC2)cn1. The molecule has 0 atom stereocenters. The van der Waals surface area contributed by atoms with Crippen LogP contribution in [-0.2, 0) is 18.3 Å². The number of anilines is 1. The average Bonchev–Trinajstić information content (AvgIpc) is 3.52. The molecule has 5 heterocycles. The standard InChI is InChI=1S/C24H30N6O2/c1-25-22(32)20-6-5-16(13-26-20)29-9-7-15(8-10-29)30-14-24(11-17(30)12-24)23-27-19-4-2-3-18(19)21(31)28-23/h5-6,13,15,17H,2-4,7-12,14H2,1H3,(H,25,32)(H,27,28,31). The summed E-state index contributed by atoms with van der Waals surface area (Å²) in [6.45, 7) is 3.01. The van der Waals surface area contributed by atoms with E-state index in [0.717, 1.165) is 87.3 Å². The van der Waals surface area contributed by atoms with Crippen molar-refractivity contribution >= 4 is 11.6 Å². The van der Waals surface area contributed by atoms with E-state index in [4.69, 9.17) is 4.98 Å². The van der Waals surface area contributed by atoms with Crippen LogP contribution < -0.4 is 15.8 Å². The first kappa shape index (κ1) is 19.9. The lowest BCUT2D eigenvalue weighted by atomic mass is 9.69. The molecular weight excluding hydrogens is 404 g/mol. The van der Waals surface area contributed by atoms with Gasteiger partial charge in [-0.3, -0.25) is 14.5 Å². The molecule has 168 valence electrons. The molecule has 1 saturated carbocycles. The maximum Gasteiger partial charge on any atom is 0.269 e. The first-order valence-electron chi connectivity index (χ1n) is 11.9. The fourth-order valence-corrected chi connectivity index (χ4v) is 6.36. The van der Waals surface area contributed by atoms with Gasteiger partial charge in [0.15, 0.2) is 0 Å². The van der Waals surface area contributed by atoms with Crippen molar-refractivity contribution in [2.45, 2.75) is 62.4 Å². The summed E-state index contributed by atoms with van der Waals surface area (Å²) in [6, 6.07) is 5.00. The van der Waals surface area contributed by atoms with E-state index in [1.54, 1.807) is 13.1 Å². The third kappa shape index (κ3) is 3.07. The first-order valence-corrected chi connectivity index (χ1v) is 11.9. The Bertz CT molecular complexity index is 1100. The van der Waals surface area contributed by atoms with Crippen molar-refractivity contribution in [1.82, 2.24) is 25.2 Å². The van der Waals surface area contributed by atoms with Crippen LogP contribution in [0.3, 0.4) is 0 Å². The smallest absolute Gasteiger partial charge is 0.269 e. The molecule has 3 aliphatic heterocycles. The molecular formula is C24H30N6O2. The Hall–Kier alpha value is -2.74. The summed E-state index contributed by atoms with van der Waals surface area (Å²) in [4.78, 5) is 41.7. The van der Waals surface area contributed by atoms with Gasteiger partial charge in [-0.15, -0.1) is 0 Å². The Kier molecular flexibility index (Phi) is 4.61. The highest BCUT2D eigenvalue weighted by molar-refractivity contribution is 5.92. The second kappa shape index (κ2) is 7.40. The van der Waals surface area contributed by atoms with Crippen LogP contribution in [0, 0.1) is 0 Å². The zero-order valence-corrected chi connectivity index (χ0v) is 18.6. The fourth-order valence-electron chi connectivity index (χ4n) is 6.36. The topological polar surface area (TPSA) is 94.2 Å². The number of aryl methyl sites for hydroxylation is 1. The van der Waals surface area contributed by atoms with Gasteiger partial charge in [-0.2, -0.15) is 0 Å². The second-order valence-electron chi connectivity index (χ2n) is 9.91. The minimum absolute atomic E-state index is 0.0538. The molecule has 4 fully saturated rings. The molecule has 0 spiro atoms. The number of carbonyl (C=O) groups excluding carboxylic acids is 1. The molecule has 7 rings (SSSR count). The summed E-state index contributed by atoms with van der Waals surface area (Å²) in [5, 5.41) is 2.61. The van der Waals surface area contributed by atoms with Crippen LogP contribution in [0.2, 0.25) is 0 Å². The van der Waals surface area contributed by atoms with Crippen LogP contribution in [0.25, 0.3) is 0 Å². The van der Waals surface area contributed by atoms with Crippen molar-refractivity contribution < 1.29 is 4.79 Å². The van der Waals surface area contributed by atoms with E-state index in [1.807, 2.05) is 12.3 Å². The number of rotatable bonds is 4. The summed E-state index contributed by atoms with van der Waals surface area (Å²) in [5.74, 6) is 0.790. The molecule has 8 heteroatoms. The zero-order valence-electron chi connectivity index (χ0n) is 18.6. The van der Waals surface area contributed by atoms with Gasteiger partial charge in [-0.25, -0.2) is 9.97 Å². The number of carbonyl (C=O) groups is 1. The number of piperidine rings is 1. The van der Waals surface area contributed by atoms with Gasteiger partial charge < -0.3 is 15.2 Å². The molecule has 0 radical (unpaired) electrons. The van der Waals surface area contributed by atoms with Gasteiger partial charge in [0, 0.05) is 49.7 Å². The average molecular weight is 435 g/mol. The number of nitrogens with one attached hydrogen (secondary N) is 2. The Morgan fingerprint density at radius 2 is 2.00 bits per heavy atom. The molecule has 0 aromatic carbocycles. The number of aromatic amines is 1. The summed E-state index contributed by atoms with van der Waals surface area (Å²) in [7, 11) is 1.62. The summed E-state index contributed by atoms with van der Waals surface area (Å²) in [5.41, 5.74) is 3.65. The van der Waals surface area contributed by atoms with Crippen molar-refractivity contribution in [1.29, 1.82) is 0 Å². The molecule has 2 aliphatic carbocycles. The maximum atomic E-state index is 12.5. The van der Waals surface area contributed by atoms with Gasteiger partial charge in [0.05, 0.1) is 17.6 Å². The highest BCUT2D eigenvalue weighted by Crippen LogP contribution is 2.53. The Morgan fingerprint density at radius 1 is 1.19 bits per heavy atom. The van der Waals surface area contributed by atoms with Gasteiger partial charge in [0.2, 0.25) is 0 Å². The third-order valence-corrected chi connectivity index (χ3v) is 8.16. The molecule has 2 aromatic rings. The molecule has 2 N–H and O–H groups in total. The number of nitrogens with zero attached hydrogens (tertiary/aromatic N) is 4. The van der Waals surface area contributed by atoms with Crippen molar-refractivity contribution in [3.8, 4) is 0 Å². The maximum absolute atomic E-state index is 12.5. The molecule has 8 nitrogen and oxygen atoms in total. The molecule has 2 aromatic heterocycles. The number of aromatic nitrogens is 3. The number of amides is 1. The first-order chi connectivity index (χ1) is 15.6.